The molecule has 0 heterocycles. The molecule has 18 heavy (non-hydrogen) atoms. The van der Waals surface area contributed by atoms with Crippen molar-refractivity contribution in [3.63, 3.8) is 0 Å². The molecule has 0 saturated heterocycles. The lowest BCUT2D eigenvalue weighted by Crippen LogP contribution is -2.25. The summed E-state index contributed by atoms with van der Waals surface area (Å²) in [5.74, 6) is 1.49. The molecule has 0 spiro atoms. The average molecular weight is 311 g/mol. The molecular formula is C15H19BrO2. The molecule has 1 aromatic carbocycles. The van der Waals surface area contributed by atoms with Crippen molar-refractivity contribution in [1.29, 1.82) is 0 Å². The van der Waals surface area contributed by atoms with E-state index in [1.807, 2.05) is 18.2 Å². The van der Waals surface area contributed by atoms with Gasteiger partial charge in [0.2, 0.25) is 0 Å². The Morgan fingerprint density at radius 3 is 3.00 bits per heavy atom. The van der Waals surface area contributed by atoms with Crippen molar-refractivity contribution >= 4 is 22.2 Å². The van der Waals surface area contributed by atoms with E-state index in [1.54, 1.807) is 0 Å². The molecule has 2 nitrogen and oxygen atoms in total. The highest BCUT2D eigenvalue weighted by Crippen LogP contribution is 2.31. The highest BCUT2D eigenvalue weighted by atomic mass is 79.9. The van der Waals surface area contributed by atoms with Gasteiger partial charge in [-0.25, -0.2) is 0 Å². The van der Waals surface area contributed by atoms with Gasteiger partial charge < -0.3 is 4.74 Å². The minimum absolute atomic E-state index is 0.267. The van der Waals surface area contributed by atoms with Gasteiger partial charge in [-0.2, -0.15) is 0 Å². The molecule has 1 aliphatic rings. The fraction of sp³-hybridized carbons (Fsp3) is 0.533. The molecule has 0 aromatic heterocycles. The molecular weight excluding hydrogens is 292 g/mol. The molecule has 0 bridgehead atoms. The van der Waals surface area contributed by atoms with E-state index >= 15 is 0 Å². The Kier molecular flexibility index (Phi) is 4.81. The van der Waals surface area contributed by atoms with Gasteiger partial charge in [0, 0.05) is 4.47 Å². The van der Waals surface area contributed by atoms with Crippen LogP contribution in [-0.4, -0.2) is 12.4 Å². The number of rotatable bonds is 4. The lowest BCUT2D eigenvalue weighted by atomic mass is 9.85. The van der Waals surface area contributed by atoms with Crippen molar-refractivity contribution in [3.05, 3.63) is 28.2 Å². The molecule has 1 saturated carbocycles. The van der Waals surface area contributed by atoms with Crippen LogP contribution in [0.2, 0.25) is 0 Å². The molecule has 0 aliphatic heterocycles. The second-order valence-electron chi connectivity index (χ2n) is 4.98. The standard InChI is InChI=1S/C15H19BrO2/c1-2-11-4-3-5-14(8-11)18-15-7-6-13(16)9-12(15)10-17/h6-7,9-11,14H,2-5,8H2,1H3. The van der Waals surface area contributed by atoms with Gasteiger partial charge in [-0.3, -0.25) is 4.79 Å². The van der Waals surface area contributed by atoms with Gasteiger partial charge in [0.1, 0.15) is 5.75 Å². The van der Waals surface area contributed by atoms with Crippen LogP contribution in [0.15, 0.2) is 22.7 Å². The van der Waals surface area contributed by atoms with Gasteiger partial charge in [-0.15, -0.1) is 0 Å². The second kappa shape index (κ2) is 6.37. The molecule has 2 unspecified atom stereocenters. The molecule has 0 amide bonds. The molecule has 1 aliphatic carbocycles. The maximum absolute atomic E-state index is 11.0. The third-order valence-electron chi connectivity index (χ3n) is 3.70. The molecule has 98 valence electrons. The first-order chi connectivity index (χ1) is 8.72. The van der Waals surface area contributed by atoms with Crippen molar-refractivity contribution in [1.82, 2.24) is 0 Å². The van der Waals surface area contributed by atoms with E-state index in [-0.39, 0.29) is 6.10 Å². The predicted octanol–water partition coefficient (Wildman–Crippen LogP) is 4.61. The molecule has 1 fully saturated rings. The number of carbonyl (C=O) groups is 1. The number of carbonyl (C=O) groups excluding carboxylic acids is 1. The molecule has 2 rings (SSSR count). The lowest BCUT2D eigenvalue weighted by molar-refractivity contribution is 0.108. The number of hydrogen-bond donors (Lipinski definition) is 0. The zero-order valence-electron chi connectivity index (χ0n) is 10.7. The Labute approximate surface area is 117 Å². The third kappa shape index (κ3) is 3.35. The van der Waals surface area contributed by atoms with Gasteiger partial charge in [0.05, 0.1) is 11.7 Å². The summed E-state index contributed by atoms with van der Waals surface area (Å²) in [6.07, 6.45) is 7.12. The SMILES string of the molecule is CCC1CCCC(Oc2ccc(Br)cc2C=O)C1. The monoisotopic (exact) mass is 310 g/mol. The summed E-state index contributed by atoms with van der Waals surface area (Å²) in [7, 11) is 0. The fourth-order valence-corrected chi connectivity index (χ4v) is 3.00. The molecule has 0 N–H and O–H groups in total. The lowest BCUT2D eigenvalue weighted by Gasteiger charge is -2.29. The van der Waals surface area contributed by atoms with Crippen LogP contribution in [0.4, 0.5) is 0 Å². The molecule has 2 atom stereocenters. The van der Waals surface area contributed by atoms with Gasteiger partial charge in [-0.05, 0) is 43.4 Å². The maximum atomic E-state index is 11.0. The normalized spacial score (nSPS) is 23.7. The van der Waals surface area contributed by atoms with E-state index < -0.39 is 0 Å². The van der Waals surface area contributed by atoms with Crippen LogP contribution >= 0.6 is 15.9 Å². The average Bonchev–Trinajstić information content (AvgIpc) is 2.41. The number of aldehydes is 1. The highest BCUT2D eigenvalue weighted by Gasteiger charge is 2.22. The summed E-state index contributed by atoms with van der Waals surface area (Å²) in [4.78, 5) is 11.0. The van der Waals surface area contributed by atoms with E-state index in [0.717, 1.165) is 35.3 Å². The molecule has 3 heteroatoms. The first kappa shape index (κ1) is 13.6. The Bertz CT molecular complexity index is 417. The zero-order chi connectivity index (χ0) is 13.0. The van der Waals surface area contributed by atoms with Crippen molar-refractivity contribution in [2.45, 2.75) is 45.1 Å². The summed E-state index contributed by atoms with van der Waals surface area (Å²) < 4.78 is 6.92. The third-order valence-corrected chi connectivity index (χ3v) is 4.20. The van der Waals surface area contributed by atoms with Gasteiger partial charge in [-0.1, -0.05) is 35.7 Å². The number of hydrogen-bond acceptors (Lipinski definition) is 2. The van der Waals surface area contributed by atoms with Crippen molar-refractivity contribution in [2.24, 2.45) is 5.92 Å². The quantitative estimate of drug-likeness (QED) is 0.759. The first-order valence-electron chi connectivity index (χ1n) is 6.64. The van der Waals surface area contributed by atoms with E-state index in [1.165, 1.54) is 19.3 Å². The zero-order valence-corrected chi connectivity index (χ0v) is 12.3. The van der Waals surface area contributed by atoms with Gasteiger partial charge in [0.25, 0.3) is 0 Å². The summed E-state index contributed by atoms with van der Waals surface area (Å²) in [5.41, 5.74) is 0.628. The van der Waals surface area contributed by atoms with Crippen molar-refractivity contribution < 1.29 is 9.53 Å². The Morgan fingerprint density at radius 2 is 2.28 bits per heavy atom. The number of halogens is 1. The van der Waals surface area contributed by atoms with Gasteiger partial charge in [0.15, 0.2) is 6.29 Å². The maximum Gasteiger partial charge on any atom is 0.153 e. The highest BCUT2D eigenvalue weighted by molar-refractivity contribution is 9.10. The summed E-state index contributed by atoms with van der Waals surface area (Å²) in [6.45, 7) is 2.24. The largest absolute Gasteiger partial charge is 0.490 e. The van der Waals surface area contributed by atoms with Crippen molar-refractivity contribution in [3.8, 4) is 5.75 Å². The first-order valence-corrected chi connectivity index (χ1v) is 7.43. The van der Waals surface area contributed by atoms with E-state index in [0.29, 0.717) is 5.56 Å². The van der Waals surface area contributed by atoms with Crippen molar-refractivity contribution in [2.75, 3.05) is 0 Å². The van der Waals surface area contributed by atoms with Gasteiger partial charge >= 0.3 is 0 Å². The Balaban J connectivity index is 2.06. The molecule has 0 radical (unpaired) electrons. The second-order valence-corrected chi connectivity index (χ2v) is 5.90. The predicted molar refractivity (Wildman–Crippen MR) is 76.2 cm³/mol. The minimum Gasteiger partial charge on any atom is -0.490 e. The number of benzene rings is 1. The fourth-order valence-electron chi connectivity index (χ4n) is 2.62. The Hall–Kier alpha value is -0.830. The van der Waals surface area contributed by atoms with Crippen LogP contribution in [-0.2, 0) is 0 Å². The number of ether oxygens (including phenoxy) is 1. The summed E-state index contributed by atoms with van der Waals surface area (Å²) >= 11 is 3.37. The summed E-state index contributed by atoms with van der Waals surface area (Å²) in [5, 5.41) is 0. The molecule has 1 aromatic rings. The van der Waals surface area contributed by atoms with E-state index in [4.69, 9.17) is 4.74 Å². The van der Waals surface area contributed by atoms with Crippen LogP contribution < -0.4 is 4.74 Å². The van der Waals surface area contributed by atoms with Crippen LogP contribution in [0.3, 0.4) is 0 Å². The van der Waals surface area contributed by atoms with E-state index in [9.17, 15) is 4.79 Å². The Morgan fingerprint density at radius 1 is 1.44 bits per heavy atom. The van der Waals surface area contributed by atoms with E-state index in [2.05, 4.69) is 22.9 Å². The smallest absolute Gasteiger partial charge is 0.153 e. The van der Waals surface area contributed by atoms with Crippen LogP contribution in [0.5, 0.6) is 5.75 Å². The van der Waals surface area contributed by atoms with Crippen LogP contribution in [0.25, 0.3) is 0 Å². The van der Waals surface area contributed by atoms with Crippen LogP contribution in [0.1, 0.15) is 49.4 Å². The minimum atomic E-state index is 0.267. The topological polar surface area (TPSA) is 26.3 Å². The summed E-state index contributed by atoms with van der Waals surface area (Å²) in [6, 6.07) is 5.61. The van der Waals surface area contributed by atoms with Crippen LogP contribution in [0, 0.1) is 5.92 Å².